The Morgan fingerprint density at radius 2 is 1.25 bits per heavy atom. The molecule has 1 rings (SSSR count). The van der Waals surface area contributed by atoms with Crippen molar-refractivity contribution >= 4 is 23.5 Å². The number of phosphoric acid groups is 3. The molecular formula is C7H7Na4O10P3. The zero-order chi connectivity index (χ0) is 15.6. The van der Waals surface area contributed by atoms with Gasteiger partial charge in [0.2, 0.25) is 0 Å². The van der Waals surface area contributed by atoms with E-state index in [1.54, 1.807) is 6.07 Å². The van der Waals surface area contributed by atoms with E-state index >= 15 is 0 Å². The quantitative estimate of drug-likeness (QED) is 0.308. The van der Waals surface area contributed by atoms with E-state index in [1.807, 2.05) is 0 Å². The van der Waals surface area contributed by atoms with Crippen molar-refractivity contribution in [3.05, 3.63) is 29.8 Å². The van der Waals surface area contributed by atoms with Gasteiger partial charge in [0.25, 0.3) is 7.82 Å². The van der Waals surface area contributed by atoms with Gasteiger partial charge in [-0.05, 0) is 18.6 Å². The van der Waals surface area contributed by atoms with Gasteiger partial charge in [-0.2, -0.15) is 0 Å². The molecule has 0 radical (unpaired) electrons. The van der Waals surface area contributed by atoms with Gasteiger partial charge in [-0.25, -0.2) is 4.31 Å². The van der Waals surface area contributed by atoms with Gasteiger partial charge in [-0.1, -0.05) is 18.2 Å². The number of hydrogen-bond donors (Lipinski definition) is 0. The van der Waals surface area contributed by atoms with Crippen LogP contribution in [-0.4, -0.2) is 0 Å². The third-order valence-corrected chi connectivity index (χ3v) is 5.32. The van der Waals surface area contributed by atoms with Crippen molar-refractivity contribution in [1.82, 2.24) is 0 Å². The molecule has 0 aliphatic heterocycles. The van der Waals surface area contributed by atoms with E-state index in [9.17, 15) is 33.3 Å². The molecule has 1 aromatic carbocycles. The van der Waals surface area contributed by atoms with Gasteiger partial charge in [-0.3, -0.25) is 13.4 Å². The van der Waals surface area contributed by atoms with E-state index in [-0.39, 0.29) is 124 Å². The van der Waals surface area contributed by atoms with Crippen LogP contribution >= 0.6 is 23.5 Å². The molecule has 24 heavy (non-hydrogen) atoms. The fourth-order valence-corrected chi connectivity index (χ4v) is 3.98. The summed E-state index contributed by atoms with van der Waals surface area (Å²) in [5.41, 5.74) is 0.340. The molecule has 0 bridgehead atoms. The molecule has 0 aliphatic carbocycles. The number of aryl methyl sites for hydroxylation is 1. The van der Waals surface area contributed by atoms with E-state index in [0.29, 0.717) is 5.56 Å². The van der Waals surface area contributed by atoms with Crippen molar-refractivity contribution in [3.63, 3.8) is 0 Å². The SMILES string of the molecule is Cc1ccccc1OP(=O)([O-])OP(=O)([O-])OP(=O)([O-])[O-].[Na+].[Na+].[Na+].[Na+]. The van der Waals surface area contributed by atoms with Crippen molar-refractivity contribution in [2.45, 2.75) is 6.92 Å². The molecule has 0 saturated carbocycles. The zero-order valence-electron chi connectivity index (χ0n) is 13.7. The maximum Gasteiger partial charge on any atom is 1.00 e. The van der Waals surface area contributed by atoms with E-state index < -0.39 is 23.5 Å². The largest absolute Gasteiger partial charge is 1.00 e. The Morgan fingerprint density at radius 3 is 1.67 bits per heavy atom. The third kappa shape index (κ3) is 15.4. The van der Waals surface area contributed by atoms with Crippen molar-refractivity contribution in [2.75, 3.05) is 0 Å². The predicted molar refractivity (Wildman–Crippen MR) is 56.8 cm³/mol. The summed E-state index contributed by atoms with van der Waals surface area (Å²) in [5.74, 6) is -0.238. The standard InChI is InChI=1S/C7H11O10P3.4Na/c1-6-4-2-3-5-7(6)15-19(11,12)17-20(13,14)16-18(8,9)10;;;;/h2-5H,1H3,(H,11,12)(H,13,14)(H2,8,9,10);;;;/q;4*+1/p-4. The van der Waals surface area contributed by atoms with Crippen molar-refractivity contribution in [3.8, 4) is 5.75 Å². The molecule has 0 fully saturated rings. The van der Waals surface area contributed by atoms with Gasteiger partial charge in [-0.15, -0.1) is 0 Å². The first-order chi connectivity index (χ1) is 8.90. The van der Waals surface area contributed by atoms with Gasteiger partial charge in [0, 0.05) is 0 Å². The average Bonchev–Trinajstić information content (AvgIpc) is 2.15. The van der Waals surface area contributed by atoms with Crippen LogP contribution in [-0.2, 0) is 22.3 Å². The Balaban J connectivity index is -0.000000500. The van der Waals surface area contributed by atoms with Crippen LogP contribution in [0.5, 0.6) is 5.75 Å². The summed E-state index contributed by atoms with van der Waals surface area (Å²) in [5, 5.41) is 0. The minimum atomic E-state index is -5.98. The van der Waals surface area contributed by atoms with Crippen LogP contribution in [0, 0.1) is 6.92 Å². The predicted octanol–water partition coefficient (Wildman–Crippen LogP) is -12.8. The summed E-state index contributed by atoms with van der Waals surface area (Å²) in [4.78, 5) is 42.4. The van der Waals surface area contributed by atoms with Gasteiger partial charge in [0.05, 0.1) is 7.82 Å². The maximum atomic E-state index is 11.3. The van der Waals surface area contributed by atoms with Crippen molar-refractivity contribution in [2.24, 2.45) is 0 Å². The van der Waals surface area contributed by atoms with E-state index in [1.165, 1.54) is 25.1 Å². The Kier molecular flexibility index (Phi) is 21.0. The molecule has 0 heterocycles. The van der Waals surface area contributed by atoms with Crippen LogP contribution in [0.1, 0.15) is 5.56 Å². The maximum absolute atomic E-state index is 11.3. The summed E-state index contributed by atoms with van der Waals surface area (Å²) in [6.45, 7) is 1.46. The van der Waals surface area contributed by atoms with Crippen LogP contribution < -0.4 is 142 Å². The molecular weight excluding hydrogens is 429 g/mol. The molecule has 0 aromatic heterocycles. The Morgan fingerprint density at radius 1 is 0.792 bits per heavy atom. The van der Waals surface area contributed by atoms with Crippen LogP contribution in [0.3, 0.4) is 0 Å². The summed E-state index contributed by atoms with van der Waals surface area (Å²) in [6, 6.07) is 5.63. The second-order valence-electron chi connectivity index (χ2n) is 3.36. The zero-order valence-corrected chi connectivity index (χ0v) is 24.4. The number of benzene rings is 1. The third-order valence-electron chi connectivity index (χ3n) is 1.70. The van der Waals surface area contributed by atoms with Crippen molar-refractivity contribution < 1.29 is 165 Å². The molecule has 2 unspecified atom stereocenters. The molecule has 0 spiro atoms. The number of para-hydroxylation sites is 1. The van der Waals surface area contributed by atoms with Gasteiger partial charge in [0.15, 0.2) is 0 Å². The average molecular weight is 436 g/mol. The molecule has 0 amide bonds. The van der Waals surface area contributed by atoms with E-state index in [4.69, 9.17) is 0 Å². The molecule has 0 N–H and O–H groups in total. The monoisotopic (exact) mass is 436 g/mol. The summed E-state index contributed by atoms with van der Waals surface area (Å²) < 4.78 is 43.1. The van der Waals surface area contributed by atoms with Crippen LogP contribution in [0.15, 0.2) is 24.3 Å². The first-order valence-electron chi connectivity index (χ1n) is 4.72. The second kappa shape index (κ2) is 14.5. The molecule has 0 aliphatic rings. The number of phosphoric ester groups is 1. The van der Waals surface area contributed by atoms with Crippen LogP contribution in [0.4, 0.5) is 0 Å². The summed E-state index contributed by atoms with van der Waals surface area (Å²) >= 11 is 0. The molecule has 0 saturated heterocycles. The van der Waals surface area contributed by atoms with Crippen LogP contribution in [0.2, 0.25) is 0 Å². The minimum Gasteiger partial charge on any atom is -0.790 e. The molecule has 10 nitrogen and oxygen atoms in total. The molecule has 2 atom stereocenters. The fourth-order valence-electron chi connectivity index (χ4n) is 1.06. The molecule has 114 valence electrons. The van der Waals surface area contributed by atoms with Crippen LogP contribution in [0.25, 0.3) is 0 Å². The van der Waals surface area contributed by atoms with Gasteiger partial charge >= 0.3 is 126 Å². The van der Waals surface area contributed by atoms with Crippen molar-refractivity contribution in [1.29, 1.82) is 0 Å². The minimum absolute atomic E-state index is 0. The molecule has 17 heteroatoms. The number of rotatable bonds is 6. The first-order valence-corrected chi connectivity index (χ1v) is 9.10. The fraction of sp³-hybridized carbons (Fsp3) is 0.143. The Bertz CT molecular complexity index is 637. The smallest absolute Gasteiger partial charge is 0.790 e. The first kappa shape index (κ1) is 34.9. The number of hydrogen-bond acceptors (Lipinski definition) is 10. The molecule has 1 aromatic rings. The second-order valence-corrected chi connectivity index (χ2v) is 7.53. The summed E-state index contributed by atoms with van der Waals surface area (Å²) in [6.07, 6.45) is 0. The normalized spacial score (nSPS) is 15.0. The van der Waals surface area contributed by atoms with E-state index in [2.05, 4.69) is 13.1 Å². The Hall–Kier alpha value is 3.47. The summed E-state index contributed by atoms with van der Waals surface area (Å²) in [7, 11) is -17.4. The van der Waals surface area contributed by atoms with Gasteiger partial charge < -0.3 is 28.7 Å². The Labute approximate surface area is 227 Å². The van der Waals surface area contributed by atoms with Gasteiger partial charge in [0.1, 0.15) is 5.75 Å². The van der Waals surface area contributed by atoms with E-state index in [0.717, 1.165) is 0 Å². The topological polar surface area (TPSA) is 171 Å².